The molecule has 6 heteroatoms. The normalized spacial score (nSPS) is 12.0. The standard InChI is InChI=1S/C57H110O6/c1-5-7-9-11-13-15-17-19-21-22-23-24-26-28-34-38-42-46-50-57(60)63-54(52-62-56(59)49-45-41-37-33-30-29-31-35-39-43-47-53(3)4)51-61-55(58)48-44-40-36-32-27-25-20-18-16-14-12-10-8-6-2/h53-54H,5-52H2,1-4H3/t54-/m1/s1. The fourth-order valence-corrected chi connectivity index (χ4v) is 8.75. The van der Waals surface area contributed by atoms with Gasteiger partial charge >= 0.3 is 17.9 Å². The third kappa shape index (κ3) is 51.3. The quantitative estimate of drug-likeness (QED) is 0.0344. The van der Waals surface area contributed by atoms with Crippen LogP contribution in [0.2, 0.25) is 0 Å². The minimum Gasteiger partial charge on any atom is -0.462 e. The fourth-order valence-electron chi connectivity index (χ4n) is 8.75. The molecule has 0 aromatic rings. The number of unbranched alkanes of at least 4 members (excludes halogenated alkanes) is 39. The molecule has 0 bridgehead atoms. The van der Waals surface area contributed by atoms with Gasteiger partial charge in [0.05, 0.1) is 0 Å². The van der Waals surface area contributed by atoms with Crippen LogP contribution in [-0.2, 0) is 28.6 Å². The van der Waals surface area contributed by atoms with E-state index in [0.717, 1.165) is 63.7 Å². The molecule has 6 nitrogen and oxygen atoms in total. The summed E-state index contributed by atoms with van der Waals surface area (Å²) in [6, 6.07) is 0. The highest BCUT2D eigenvalue weighted by Gasteiger charge is 2.19. The third-order valence-electron chi connectivity index (χ3n) is 13.0. The molecule has 0 aliphatic heterocycles. The zero-order chi connectivity index (χ0) is 45.9. The van der Waals surface area contributed by atoms with Gasteiger partial charge in [0.1, 0.15) is 13.2 Å². The molecule has 0 aliphatic carbocycles. The van der Waals surface area contributed by atoms with Crippen molar-refractivity contribution in [3.05, 3.63) is 0 Å². The van der Waals surface area contributed by atoms with Gasteiger partial charge in [0.2, 0.25) is 0 Å². The van der Waals surface area contributed by atoms with Crippen LogP contribution < -0.4 is 0 Å². The Morgan fingerprint density at radius 3 is 0.778 bits per heavy atom. The summed E-state index contributed by atoms with van der Waals surface area (Å²) in [4.78, 5) is 38.1. The van der Waals surface area contributed by atoms with Crippen molar-refractivity contribution in [2.75, 3.05) is 13.2 Å². The molecule has 0 aromatic carbocycles. The number of hydrogen-bond acceptors (Lipinski definition) is 6. The van der Waals surface area contributed by atoms with E-state index in [9.17, 15) is 14.4 Å². The average Bonchev–Trinajstić information content (AvgIpc) is 3.27. The molecule has 0 fully saturated rings. The lowest BCUT2D eigenvalue weighted by molar-refractivity contribution is -0.167. The lowest BCUT2D eigenvalue weighted by atomic mass is 10.0. The summed E-state index contributed by atoms with van der Waals surface area (Å²) < 4.78 is 16.9. The lowest BCUT2D eigenvalue weighted by Gasteiger charge is -2.18. The van der Waals surface area contributed by atoms with E-state index in [4.69, 9.17) is 14.2 Å². The van der Waals surface area contributed by atoms with Crippen molar-refractivity contribution in [2.45, 2.75) is 329 Å². The van der Waals surface area contributed by atoms with E-state index in [1.807, 2.05) is 0 Å². The number of rotatable bonds is 52. The van der Waals surface area contributed by atoms with Gasteiger partial charge in [-0.15, -0.1) is 0 Å². The first kappa shape index (κ1) is 61.4. The van der Waals surface area contributed by atoms with E-state index in [1.165, 1.54) is 218 Å². The van der Waals surface area contributed by atoms with Crippen molar-refractivity contribution in [1.82, 2.24) is 0 Å². The maximum Gasteiger partial charge on any atom is 0.306 e. The maximum absolute atomic E-state index is 12.8. The topological polar surface area (TPSA) is 78.9 Å². The van der Waals surface area contributed by atoms with Gasteiger partial charge in [0.25, 0.3) is 0 Å². The van der Waals surface area contributed by atoms with Gasteiger partial charge in [-0.2, -0.15) is 0 Å². The SMILES string of the molecule is CCCCCCCCCCCCCCCCCCCCC(=O)O[C@H](COC(=O)CCCCCCCCCCCCCCCC)COC(=O)CCCCCCCCCCCCC(C)C. The number of carbonyl (C=O) groups excluding carboxylic acids is 3. The van der Waals surface area contributed by atoms with Crippen molar-refractivity contribution in [3.8, 4) is 0 Å². The van der Waals surface area contributed by atoms with Crippen LogP contribution in [0.15, 0.2) is 0 Å². The van der Waals surface area contributed by atoms with Crippen molar-refractivity contribution < 1.29 is 28.6 Å². The Bertz CT molecular complexity index is 949. The molecule has 0 heterocycles. The Morgan fingerprint density at radius 2 is 0.524 bits per heavy atom. The third-order valence-corrected chi connectivity index (χ3v) is 13.0. The van der Waals surface area contributed by atoms with Crippen LogP contribution in [0.4, 0.5) is 0 Å². The monoisotopic (exact) mass is 891 g/mol. The van der Waals surface area contributed by atoms with Gasteiger partial charge in [-0.3, -0.25) is 14.4 Å². The van der Waals surface area contributed by atoms with Crippen LogP contribution in [-0.4, -0.2) is 37.2 Å². The maximum atomic E-state index is 12.8. The number of carbonyl (C=O) groups is 3. The molecule has 0 radical (unpaired) electrons. The summed E-state index contributed by atoms with van der Waals surface area (Å²) in [6.07, 6.45) is 55.2. The summed E-state index contributed by atoms with van der Waals surface area (Å²) >= 11 is 0. The molecular formula is C57H110O6. The first-order chi connectivity index (χ1) is 30.9. The van der Waals surface area contributed by atoms with E-state index in [-0.39, 0.29) is 31.1 Å². The van der Waals surface area contributed by atoms with Crippen LogP contribution >= 0.6 is 0 Å². The number of ether oxygens (including phenoxy) is 3. The molecular weight excluding hydrogens is 781 g/mol. The van der Waals surface area contributed by atoms with Crippen molar-refractivity contribution in [1.29, 1.82) is 0 Å². The van der Waals surface area contributed by atoms with E-state index < -0.39 is 6.10 Å². The Balaban J connectivity index is 4.29. The predicted octanol–water partition coefficient (Wildman–Crippen LogP) is 18.6. The second-order valence-electron chi connectivity index (χ2n) is 20.1. The molecule has 0 spiro atoms. The van der Waals surface area contributed by atoms with Crippen LogP contribution in [0, 0.1) is 5.92 Å². The van der Waals surface area contributed by atoms with Crippen LogP contribution in [0.5, 0.6) is 0 Å². The zero-order valence-electron chi connectivity index (χ0n) is 43.0. The van der Waals surface area contributed by atoms with Gasteiger partial charge in [-0.1, -0.05) is 285 Å². The van der Waals surface area contributed by atoms with Gasteiger partial charge in [-0.05, 0) is 25.2 Å². The highest BCUT2D eigenvalue weighted by atomic mass is 16.6. The fraction of sp³-hybridized carbons (Fsp3) is 0.947. The zero-order valence-corrected chi connectivity index (χ0v) is 43.0. The van der Waals surface area contributed by atoms with Crippen molar-refractivity contribution in [2.24, 2.45) is 5.92 Å². The van der Waals surface area contributed by atoms with Crippen molar-refractivity contribution in [3.63, 3.8) is 0 Å². The van der Waals surface area contributed by atoms with E-state index in [1.54, 1.807) is 0 Å². The molecule has 0 N–H and O–H groups in total. The second-order valence-corrected chi connectivity index (χ2v) is 20.1. The molecule has 0 saturated heterocycles. The average molecular weight is 892 g/mol. The van der Waals surface area contributed by atoms with Crippen LogP contribution in [0.1, 0.15) is 323 Å². The largest absolute Gasteiger partial charge is 0.462 e. The van der Waals surface area contributed by atoms with Gasteiger partial charge in [0, 0.05) is 19.3 Å². The summed E-state index contributed by atoms with van der Waals surface area (Å²) in [5.74, 6) is -0.0192. The highest BCUT2D eigenvalue weighted by molar-refractivity contribution is 5.71. The first-order valence-electron chi connectivity index (χ1n) is 28.4. The Hall–Kier alpha value is -1.59. The molecule has 0 unspecified atom stereocenters. The van der Waals surface area contributed by atoms with Gasteiger partial charge in [0.15, 0.2) is 6.10 Å². The van der Waals surface area contributed by atoms with Gasteiger partial charge < -0.3 is 14.2 Å². The molecule has 63 heavy (non-hydrogen) atoms. The molecule has 0 aliphatic rings. The minimum absolute atomic E-state index is 0.0622. The molecule has 0 aromatic heterocycles. The molecule has 1 atom stereocenters. The van der Waals surface area contributed by atoms with E-state index in [0.29, 0.717) is 19.3 Å². The predicted molar refractivity (Wildman–Crippen MR) is 270 cm³/mol. The lowest BCUT2D eigenvalue weighted by Crippen LogP contribution is -2.30. The van der Waals surface area contributed by atoms with E-state index in [2.05, 4.69) is 27.7 Å². The number of esters is 3. The summed E-state index contributed by atoms with van der Waals surface area (Å²) in [7, 11) is 0. The van der Waals surface area contributed by atoms with Gasteiger partial charge in [-0.25, -0.2) is 0 Å². The molecule has 374 valence electrons. The molecule has 0 rings (SSSR count). The number of hydrogen-bond donors (Lipinski definition) is 0. The second kappa shape index (κ2) is 51.4. The summed E-state index contributed by atoms with van der Waals surface area (Å²) in [6.45, 7) is 9.04. The first-order valence-corrected chi connectivity index (χ1v) is 28.4. The van der Waals surface area contributed by atoms with Crippen LogP contribution in [0.3, 0.4) is 0 Å². The highest BCUT2D eigenvalue weighted by Crippen LogP contribution is 2.18. The van der Waals surface area contributed by atoms with E-state index >= 15 is 0 Å². The summed E-state index contributed by atoms with van der Waals surface area (Å²) in [5, 5.41) is 0. The molecule has 0 saturated carbocycles. The van der Waals surface area contributed by atoms with Crippen LogP contribution in [0.25, 0.3) is 0 Å². The Labute approximate surface area is 393 Å². The minimum atomic E-state index is -0.761. The summed E-state index contributed by atoms with van der Waals surface area (Å²) in [5.41, 5.74) is 0. The van der Waals surface area contributed by atoms with Crippen molar-refractivity contribution >= 4 is 17.9 Å². The smallest absolute Gasteiger partial charge is 0.306 e. The molecule has 0 amide bonds. The Morgan fingerprint density at radius 1 is 0.302 bits per heavy atom. The Kier molecular flexibility index (Phi) is 50.1.